The molecule has 0 amide bonds. The molecule has 4 rings (SSSR count). The second-order valence-electron chi connectivity index (χ2n) is 9.58. The number of ketones is 1. The van der Waals surface area contributed by atoms with Gasteiger partial charge in [0, 0.05) is 39.6 Å². The molecule has 7 nitrogen and oxygen atoms in total. The van der Waals surface area contributed by atoms with Crippen LogP contribution in [-0.4, -0.2) is 10.7 Å². The van der Waals surface area contributed by atoms with Gasteiger partial charge in [0.2, 0.25) is 0 Å². The van der Waals surface area contributed by atoms with Crippen LogP contribution in [-0.2, 0) is 4.79 Å². The van der Waals surface area contributed by atoms with Crippen LogP contribution < -0.4 is 10.6 Å². The van der Waals surface area contributed by atoms with Crippen LogP contribution in [0.25, 0.3) is 0 Å². The highest BCUT2D eigenvalue weighted by Crippen LogP contribution is 2.51. The van der Waals surface area contributed by atoms with Gasteiger partial charge < -0.3 is 5.73 Å². The summed E-state index contributed by atoms with van der Waals surface area (Å²) in [6, 6.07) is 8.87. The molecule has 0 unspecified atom stereocenters. The van der Waals surface area contributed by atoms with Gasteiger partial charge in [0.05, 0.1) is 28.2 Å². The maximum atomic E-state index is 13.6. The molecular weight excluding hydrogens is 436 g/mol. The first-order valence-corrected chi connectivity index (χ1v) is 11.5. The summed E-state index contributed by atoms with van der Waals surface area (Å²) in [4.78, 5) is 28.5. The molecule has 0 saturated carbocycles. The van der Waals surface area contributed by atoms with Crippen molar-refractivity contribution < 1.29 is 9.72 Å². The molecule has 0 spiro atoms. The van der Waals surface area contributed by atoms with E-state index in [9.17, 15) is 20.2 Å². The highest BCUT2D eigenvalue weighted by Gasteiger charge is 2.45. The number of carbonyl (C=O) groups excluding carboxylic acids is 1. The van der Waals surface area contributed by atoms with Gasteiger partial charge in [-0.1, -0.05) is 19.9 Å². The maximum absolute atomic E-state index is 13.6. The Kier molecular flexibility index (Phi) is 5.41. The molecule has 1 aromatic heterocycles. The zero-order valence-electron chi connectivity index (χ0n) is 19.4. The largest absolute Gasteiger partial charge is 0.384 e. The lowest BCUT2D eigenvalue weighted by Crippen LogP contribution is -2.42. The Hall–Kier alpha value is -3.44. The van der Waals surface area contributed by atoms with E-state index in [1.54, 1.807) is 22.3 Å². The third kappa shape index (κ3) is 3.72. The van der Waals surface area contributed by atoms with Crippen molar-refractivity contribution in [3.63, 3.8) is 0 Å². The third-order valence-electron chi connectivity index (χ3n) is 6.42. The number of nitriles is 1. The summed E-state index contributed by atoms with van der Waals surface area (Å²) in [5, 5.41) is 21.7. The number of anilines is 1. The Labute approximate surface area is 197 Å². The van der Waals surface area contributed by atoms with Gasteiger partial charge in [-0.05, 0) is 49.8 Å². The Morgan fingerprint density at radius 2 is 1.94 bits per heavy atom. The van der Waals surface area contributed by atoms with Crippen LogP contribution in [0, 0.1) is 47.6 Å². The van der Waals surface area contributed by atoms with Crippen molar-refractivity contribution in [3.8, 4) is 6.07 Å². The summed E-state index contributed by atoms with van der Waals surface area (Å²) in [6.45, 7) is 9.90. The van der Waals surface area contributed by atoms with Crippen LogP contribution in [0.2, 0.25) is 0 Å². The molecule has 1 aromatic carbocycles. The van der Waals surface area contributed by atoms with Gasteiger partial charge in [-0.2, -0.15) is 5.26 Å². The number of nitro groups is 1. The fraction of sp³-hybridized carbons (Fsp3) is 0.360. The molecule has 33 heavy (non-hydrogen) atoms. The van der Waals surface area contributed by atoms with E-state index in [0.29, 0.717) is 29.7 Å². The predicted molar refractivity (Wildman–Crippen MR) is 129 cm³/mol. The number of hydrogen-bond acceptors (Lipinski definition) is 7. The van der Waals surface area contributed by atoms with Crippen LogP contribution in [0.3, 0.4) is 0 Å². The van der Waals surface area contributed by atoms with E-state index in [0.717, 1.165) is 26.6 Å². The van der Waals surface area contributed by atoms with Crippen LogP contribution in [0.4, 0.5) is 11.4 Å². The van der Waals surface area contributed by atoms with E-state index < -0.39 is 10.8 Å². The molecule has 1 aliphatic heterocycles. The minimum absolute atomic E-state index is 0.0113. The number of non-ortho nitro benzene ring substituents is 1. The summed E-state index contributed by atoms with van der Waals surface area (Å²) in [5.74, 6) is -0.324. The molecule has 2 aromatic rings. The minimum atomic E-state index is -0.534. The highest BCUT2D eigenvalue weighted by atomic mass is 32.1. The molecule has 0 bridgehead atoms. The number of carbonyl (C=O) groups is 1. The van der Waals surface area contributed by atoms with Crippen molar-refractivity contribution in [2.75, 3.05) is 4.90 Å². The highest BCUT2D eigenvalue weighted by molar-refractivity contribution is 7.12. The average Bonchev–Trinajstić information content (AvgIpc) is 3.04. The summed E-state index contributed by atoms with van der Waals surface area (Å²) in [6.07, 6.45) is 0.930. The molecule has 1 aliphatic carbocycles. The zero-order chi connectivity index (χ0) is 24.2. The summed E-state index contributed by atoms with van der Waals surface area (Å²) >= 11 is 1.63. The van der Waals surface area contributed by atoms with Crippen molar-refractivity contribution in [2.24, 2.45) is 11.1 Å². The molecule has 2 N–H and O–H groups in total. The Morgan fingerprint density at radius 3 is 2.52 bits per heavy atom. The van der Waals surface area contributed by atoms with E-state index in [4.69, 9.17) is 5.73 Å². The molecule has 0 saturated heterocycles. The van der Waals surface area contributed by atoms with E-state index in [1.165, 1.54) is 12.1 Å². The number of hydrogen-bond donors (Lipinski definition) is 1. The monoisotopic (exact) mass is 462 g/mol. The molecule has 2 heterocycles. The van der Waals surface area contributed by atoms with Crippen molar-refractivity contribution in [1.82, 2.24) is 0 Å². The first-order chi connectivity index (χ1) is 15.4. The number of rotatable bonds is 3. The SMILES string of the molecule is Cc1cc([C@H]2C(C#N)=C(N)N(c3cc([N+](=O)[O-])ccc3C)C3=C2C(=O)CC(C)(C)C3)c(C)s1. The molecule has 170 valence electrons. The molecule has 2 aliphatic rings. The first kappa shape index (κ1) is 22.7. The Balaban J connectivity index is 2.05. The topological polar surface area (TPSA) is 113 Å². The van der Waals surface area contributed by atoms with E-state index in [-0.39, 0.29) is 22.7 Å². The van der Waals surface area contributed by atoms with E-state index >= 15 is 0 Å². The molecule has 1 atom stereocenters. The van der Waals surface area contributed by atoms with E-state index in [2.05, 4.69) is 6.07 Å². The summed E-state index contributed by atoms with van der Waals surface area (Å²) in [7, 11) is 0. The molecule has 8 heteroatoms. The third-order valence-corrected chi connectivity index (χ3v) is 7.40. The molecule has 0 radical (unpaired) electrons. The van der Waals surface area contributed by atoms with Crippen molar-refractivity contribution >= 4 is 28.5 Å². The smallest absolute Gasteiger partial charge is 0.271 e. The number of benzene rings is 1. The number of thiophene rings is 1. The standard InChI is InChI=1S/C25H26N4O3S/c1-13-6-7-16(29(31)32)9-19(13)28-20-10-25(4,5)11-21(30)23(20)22(18(12-26)24(28)27)17-8-14(2)33-15(17)3/h6-9,22H,10-11,27H2,1-5H3/t22-/m0/s1. The van der Waals surface area contributed by atoms with Gasteiger partial charge in [-0.3, -0.25) is 19.8 Å². The summed E-state index contributed by atoms with van der Waals surface area (Å²) in [5.41, 5.74) is 10.1. The number of nitro benzene ring substituents is 1. The maximum Gasteiger partial charge on any atom is 0.271 e. The van der Waals surface area contributed by atoms with Crippen LogP contribution >= 0.6 is 11.3 Å². The summed E-state index contributed by atoms with van der Waals surface area (Å²) < 4.78 is 0. The van der Waals surface area contributed by atoms with Gasteiger partial charge in [0.25, 0.3) is 5.69 Å². The van der Waals surface area contributed by atoms with Gasteiger partial charge in [0.1, 0.15) is 5.82 Å². The second-order valence-corrected chi connectivity index (χ2v) is 11.0. The molecular formula is C25H26N4O3S. The lowest BCUT2D eigenvalue weighted by molar-refractivity contribution is -0.384. The fourth-order valence-electron chi connectivity index (χ4n) is 4.98. The van der Waals surface area contributed by atoms with Crippen molar-refractivity contribution in [1.29, 1.82) is 5.26 Å². The van der Waals surface area contributed by atoms with E-state index in [1.807, 2.05) is 40.7 Å². The van der Waals surface area contributed by atoms with Gasteiger partial charge in [-0.15, -0.1) is 11.3 Å². The van der Waals surface area contributed by atoms with Gasteiger partial charge in [-0.25, -0.2) is 0 Å². The number of Topliss-reactive ketones (excluding diaryl/α,β-unsaturated/α-hetero) is 1. The quantitative estimate of drug-likeness (QED) is 0.474. The fourth-order valence-corrected chi connectivity index (χ4v) is 5.95. The first-order valence-electron chi connectivity index (χ1n) is 10.7. The average molecular weight is 463 g/mol. The Bertz CT molecular complexity index is 1310. The lowest BCUT2D eigenvalue weighted by atomic mass is 9.68. The van der Waals surface area contributed by atoms with Gasteiger partial charge >= 0.3 is 0 Å². The van der Waals surface area contributed by atoms with Crippen LogP contribution in [0.5, 0.6) is 0 Å². The molecule has 0 fully saturated rings. The lowest BCUT2D eigenvalue weighted by Gasteiger charge is -2.44. The van der Waals surface area contributed by atoms with Crippen molar-refractivity contribution in [2.45, 2.75) is 53.4 Å². The van der Waals surface area contributed by atoms with Crippen molar-refractivity contribution in [3.05, 3.63) is 77.9 Å². The number of nitrogens with zero attached hydrogens (tertiary/aromatic N) is 3. The Morgan fingerprint density at radius 1 is 1.24 bits per heavy atom. The number of allylic oxidation sites excluding steroid dienone is 3. The normalized spacial score (nSPS) is 20.1. The van der Waals surface area contributed by atoms with Crippen LogP contribution in [0.15, 0.2) is 46.9 Å². The van der Waals surface area contributed by atoms with Gasteiger partial charge in [0.15, 0.2) is 5.78 Å². The van der Waals surface area contributed by atoms with Crippen LogP contribution in [0.1, 0.15) is 53.5 Å². The minimum Gasteiger partial charge on any atom is -0.384 e. The second kappa shape index (κ2) is 7.85. The zero-order valence-corrected chi connectivity index (χ0v) is 20.2. The predicted octanol–water partition coefficient (Wildman–Crippen LogP) is 5.52. The number of nitrogens with two attached hydrogens (primary N) is 1. The number of aryl methyl sites for hydroxylation is 3.